The fourth-order valence-electron chi connectivity index (χ4n) is 2.98. The van der Waals surface area contributed by atoms with Gasteiger partial charge in [-0.1, -0.05) is 13.0 Å². The van der Waals surface area contributed by atoms with Gasteiger partial charge in [0.1, 0.15) is 0 Å². The van der Waals surface area contributed by atoms with E-state index in [1.54, 1.807) is 0 Å². The van der Waals surface area contributed by atoms with Crippen LogP contribution in [-0.2, 0) is 4.79 Å². The molecule has 1 aliphatic heterocycles. The molecule has 1 fully saturated rings. The maximum Gasteiger partial charge on any atom is 0.238 e. The van der Waals surface area contributed by atoms with Gasteiger partial charge in [-0.2, -0.15) is 0 Å². The monoisotopic (exact) mass is 275 g/mol. The van der Waals surface area contributed by atoms with Gasteiger partial charge < -0.3 is 11.1 Å². The lowest BCUT2D eigenvalue weighted by Crippen LogP contribution is -2.40. The van der Waals surface area contributed by atoms with E-state index in [1.807, 2.05) is 25.1 Å². The van der Waals surface area contributed by atoms with E-state index < -0.39 is 0 Å². The highest BCUT2D eigenvalue weighted by Crippen LogP contribution is 2.26. The van der Waals surface area contributed by atoms with Crippen molar-refractivity contribution >= 4 is 17.3 Å². The van der Waals surface area contributed by atoms with Crippen LogP contribution in [0.4, 0.5) is 11.4 Å². The average molecular weight is 275 g/mol. The highest BCUT2D eigenvalue weighted by atomic mass is 16.2. The second kappa shape index (κ2) is 6.27. The third-order valence-corrected chi connectivity index (χ3v) is 4.29. The SMILES string of the molecule is CCC1CCC(C)N1CC(=O)Nc1cc(N)ccc1C. The number of nitrogens with zero attached hydrogens (tertiary/aromatic N) is 1. The van der Waals surface area contributed by atoms with Crippen LogP contribution in [0.15, 0.2) is 18.2 Å². The van der Waals surface area contributed by atoms with Crippen LogP contribution >= 0.6 is 0 Å². The maximum absolute atomic E-state index is 12.2. The molecule has 4 nitrogen and oxygen atoms in total. The number of hydrogen-bond donors (Lipinski definition) is 2. The number of carbonyl (C=O) groups excluding carboxylic acids is 1. The van der Waals surface area contributed by atoms with Crippen LogP contribution in [0.5, 0.6) is 0 Å². The van der Waals surface area contributed by atoms with E-state index in [4.69, 9.17) is 5.73 Å². The van der Waals surface area contributed by atoms with Gasteiger partial charge in [0.15, 0.2) is 0 Å². The lowest BCUT2D eigenvalue weighted by atomic mass is 10.1. The number of likely N-dealkylation sites (tertiary alicyclic amines) is 1. The van der Waals surface area contributed by atoms with Crippen molar-refractivity contribution in [2.75, 3.05) is 17.6 Å². The molecule has 1 aromatic rings. The Morgan fingerprint density at radius 3 is 2.90 bits per heavy atom. The summed E-state index contributed by atoms with van der Waals surface area (Å²) in [6, 6.07) is 6.63. The summed E-state index contributed by atoms with van der Waals surface area (Å²) in [5.41, 5.74) is 8.29. The topological polar surface area (TPSA) is 58.4 Å². The number of hydrogen-bond acceptors (Lipinski definition) is 3. The molecule has 0 saturated carbocycles. The fourth-order valence-corrected chi connectivity index (χ4v) is 2.98. The molecule has 1 saturated heterocycles. The molecule has 1 heterocycles. The quantitative estimate of drug-likeness (QED) is 0.831. The minimum atomic E-state index is 0.0471. The van der Waals surface area contributed by atoms with Crippen LogP contribution < -0.4 is 11.1 Å². The fraction of sp³-hybridized carbons (Fsp3) is 0.562. The maximum atomic E-state index is 12.2. The summed E-state index contributed by atoms with van der Waals surface area (Å²) >= 11 is 0. The largest absolute Gasteiger partial charge is 0.399 e. The van der Waals surface area contributed by atoms with Gasteiger partial charge in [-0.05, 0) is 50.8 Å². The van der Waals surface area contributed by atoms with Crippen LogP contribution in [0.2, 0.25) is 0 Å². The summed E-state index contributed by atoms with van der Waals surface area (Å²) < 4.78 is 0. The van der Waals surface area contributed by atoms with Crippen molar-refractivity contribution in [2.24, 2.45) is 0 Å². The molecule has 1 aromatic carbocycles. The smallest absolute Gasteiger partial charge is 0.238 e. The Labute approximate surface area is 121 Å². The minimum Gasteiger partial charge on any atom is -0.399 e. The van der Waals surface area contributed by atoms with Crippen molar-refractivity contribution in [3.63, 3.8) is 0 Å². The van der Waals surface area contributed by atoms with E-state index in [2.05, 4.69) is 24.1 Å². The van der Waals surface area contributed by atoms with Crippen LogP contribution in [-0.4, -0.2) is 29.4 Å². The highest BCUT2D eigenvalue weighted by Gasteiger charge is 2.30. The van der Waals surface area contributed by atoms with Crippen molar-refractivity contribution in [2.45, 2.75) is 52.1 Å². The number of carbonyl (C=O) groups is 1. The van der Waals surface area contributed by atoms with Gasteiger partial charge in [0.2, 0.25) is 5.91 Å². The highest BCUT2D eigenvalue weighted by molar-refractivity contribution is 5.93. The summed E-state index contributed by atoms with van der Waals surface area (Å²) in [7, 11) is 0. The van der Waals surface area contributed by atoms with Gasteiger partial charge >= 0.3 is 0 Å². The Balaban J connectivity index is 2.00. The summed E-state index contributed by atoms with van der Waals surface area (Å²) in [5, 5.41) is 2.98. The zero-order valence-electron chi connectivity index (χ0n) is 12.6. The van der Waals surface area contributed by atoms with Gasteiger partial charge in [-0.15, -0.1) is 0 Å². The van der Waals surface area contributed by atoms with E-state index in [-0.39, 0.29) is 5.91 Å². The standard InChI is InChI=1S/C16H25N3O/c1-4-14-8-6-12(3)19(14)10-16(20)18-15-9-13(17)7-5-11(15)2/h5,7,9,12,14H,4,6,8,10,17H2,1-3H3,(H,18,20). The molecule has 2 rings (SSSR count). The number of nitrogens with one attached hydrogen (secondary N) is 1. The van der Waals surface area contributed by atoms with Crippen molar-refractivity contribution in [3.8, 4) is 0 Å². The number of anilines is 2. The molecular formula is C16H25N3O. The zero-order valence-corrected chi connectivity index (χ0v) is 12.6. The van der Waals surface area contributed by atoms with Crippen molar-refractivity contribution in [3.05, 3.63) is 23.8 Å². The van der Waals surface area contributed by atoms with Crippen LogP contribution in [0, 0.1) is 6.92 Å². The molecule has 2 unspecified atom stereocenters. The first-order valence-electron chi connectivity index (χ1n) is 7.43. The molecule has 0 aliphatic carbocycles. The summed E-state index contributed by atoms with van der Waals surface area (Å²) in [6.07, 6.45) is 3.49. The number of rotatable bonds is 4. The molecule has 0 bridgehead atoms. The summed E-state index contributed by atoms with van der Waals surface area (Å²) in [5.74, 6) is 0.0471. The van der Waals surface area contributed by atoms with E-state index in [9.17, 15) is 4.79 Å². The van der Waals surface area contributed by atoms with Crippen LogP contribution in [0.1, 0.15) is 38.7 Å². The molecule has 110 valence electrons. The van der Waals surface area contributed by atoms with Crippen molar-refractivity contribution in [1.29, 1.82) is 0 Å². The molecule has 2 atom stereocenters. The third-order valence-electron chi connectivity index (χ3n) is 4.29. The van der Waals surface area contributed by atoms with E-state index >= 15 is 0 Å². The number of aryl methyl sites for hydroxylation is 1. The lowest BCUT2D eigenvalue weighted by Gasteiger charge is -2.27. The molecule has 0 aromatic heterocycles. The van der Waals surface area contributed by atoms with Gasteiger partial charge in [0, 0.05) is 23.5 Å². The van der Waals surface area contributed by atoms with Crippen molar-refractivity contribution < 1.29 is 4.79 Å². The Kier molecular flexibility index (Phi) is 4.65. The van der Waals surface area contributed by atoms with Gasteiger partial charge in [-0.25, -0.2) is 0 Å². The molecule has 0 radical (unpaired) electrons. The Bertz CT molecular complexity index is 487. The lowest BCUT2D eigenvalue weighted by molar-refractivity contribution is -0.118. The van der Waals surface area contributed by atoms with Crippen LogP contribution in [0.25, 0.3) is 0 Å². The molecule has 3 N–H and O–H groups in total. The first-order valence-corrected chi connectivity index (χ1v) is 7.43. The summed E-state index contributed by atoms with van der Waals surface area (Å²) in [4.78, 5) is 14.6. The van der Waals surface area contributed by atoms with Gasteiger partial charge in [0.05, 0.1) is 6.54 Å². The second-order valence-electron chi connectivity index (χ2n) is 5.78. The molecule has 1 aliphatic rings. The number of nitrogens with two attached hydrogens (primary N) is 1. The zero-order chi connectivity index (χ0) is 14.7. The first-order chi connectivity index (χ1) is 9.51. The Hall–Kier alpha value is -1.55. The molecular weight excluding hydrogens is 250 g/mol. The van der Waals surface area contributed by atoms with Crippen LogP contribution in [0.3, 0.4) is 0 Å². The van der Waals surface area contributed by atoms with Gasteiger partial charge in [-0.3, -0.25) is 9.69 Å². The molecule has 20 heavy (non-hydrogen) atoms. The first kappa shape index (κ1) is 14.9. The number of benzene rings is 1. The Morgan fingerprint density at radius 1 is 1.45 bits per heavy atom. The molecule has 0 spiro atoms. The van der Waals surface area contributed by atoms with E-state index in [1.165, 1.54) is 12.8 Å². The molecule has 1 amide bonds. The minimum absolute atomic E-state index is 0.0471. The average Bonchev–Trinajstić information content (AvgIpc) is 2.75. The normalized spacial score (nSPS) is 22.9. The van der Waals surface area contributed by atoms with Crippen molar-refractivity contribution in [1.82, 2.24) is 4.90 Å². The summed E-state index contributed by atoms with van der Waals surface area (Å²) in [6.45, 7) is 6.83. The number of nitrogen functional groups attached to an aromatic ring is 1. The van der Waals surface area contributed by atoms with E-state index in [0.717, 1.165) is 17.7 Å². The predicted molar refractivity (Wildman–Crippen MR) is 83.7 cm³/mol. The number of amides is 1. The predicted octanol–water partition coefficient (Wildman–Crippen LogP) is 2.78. The molecule has 4 heteroatoms. The second-order valence-corrected chi connectivity index (χ2v) is 5.78. The van der Waals surface area contributed by atoms with Gasteiger partial charge in [0.25, 0.3) is 0 Å². The Morgan fingerprint density at radius 2 is 2.20 bits per heavy atom. The van der Waals surface area contributed by atoms with E-state index in [0.29, 0.717) is 24.3 Å². The third kappa shape index (κ3) is 3.31.